The normalized spacial score (nSPS) is 20.9. The SMILES string of the molecule is Cn1ncc(Br)c1C(C)(O)CC1CC1. The summed E-state index contributed by atoms with van der Waals surface area (Å²) in [4.78, 5) is 0. The van der Waals surface area contributed by atoms with Crippen molar-refractivity contribution in [3.63, 3.8) is 0 Å². The Labute approximate surface area is 92.2 Å². The fourth-order valence-electron chi connectivity index (χ4n) is 2.00. The van der Waals surface area contributed by atoms with Gasteiger partial charge in [0.05, 0.1) is 16.4 Å². The molecule has 3 nitrogen and oxygen atoms in total. The van der Waals surface area contributed by atoms with Crippen molar-refractivity contribution in [1.29, 1.82) is 0 Å². The summed E-state index contributed by atoms with van der Waals surface area (Å²) in [7, 11) is 1.86. The Hall–Kier alpha value is -0.350. The topological polar surface area (TPSA) is 38.0 Å². The van der Waals surface area contributed by atoms with Crippen LogP contribution in [-0.2, 0) is 12.6 Å². The second-order valence-corrected chi connectivity index (χ2v) is 5.24. The predicted molar refractivity (Wildman–Crippen MR) is 57.8 cm³/mol. The molecule has 1 aliphatic rings. The van der Waals surface area contributed by atoms with Crippen LogP contribution in [-0.4, -0.2) is 14.9 Å². The average Bonchev–Trinajstić information content (AvgIpc) is 2.77. The Kier molecular flexibility index (Phi) is 2.43. The van der Waals surface area contributed by atoms with E-state index in [0.29, 0.717) is 5.92 Å². The van der Waals surface area contributed by atoms with E-state index in [2.05, 4.69) is 21.0 Å². The van der Waals surface area contributed by atoms with E-state index >= 15 is 0 Å². The van der Waals surface area contributed by atoms with Crippen LogP contribution in [0.15, 0.2) is 10.7 Å². The maximum atomic E-state index is 10.4. The molecule has 2 rings (SSSR count). The minimum Gasteiger partial charge on any atom is -0.384 e. The van der Waals surface area contributed by atoms with E-state index in [1.54, 1.807) is 10.9 Å². The molecule has 0 bridgehead atoms. The van der Waals surface area contributed by atoms with Gasteiger partial charge in [0, 0.05) is 7.05 Å². The lowest BCUT2D eigenvalue weighted by molar-refractivity contribution is 0.0328. The lowest BCUT2D eigenvalue weighted by atomic mass is 9.95. The highest BCUT2D eigenvalue weighted by Gasteiger charge is 2.36. The molecule has 0 spiro atoms. The van der Waals surface area contributed by atoms with Crippen molar-refractivity contribution in [2.45, 2.75) is 31.8 Å². The van der Waals surface area contributed by atoms with Gasteiger partial charge in [-0.25, -0.2) is 0 Å². The molecule has 1 N–H and O–H groups in total. The van der Waals surface area contributed by atoms with E-state index < -0.39 is 5.60 Å². The molecule has 0 amide bonds. The molecule has 78 valence electrons. The zero-order valence-corrected chi connectivity index (χ0v) is 10.1. The van der Waals surface area contributed by atoms with E-state index in [1.807, 2.05) is 14.0 Å². The highest BCUT2D eigenvalue weighted by atomic mass is 79.9. The number of halogens is 1. The third-order valence-electron chi connectivity index (χ3n) is 2.79. The Morgan fingerprint density at radius 1 is 1.71 bits per heavy atom. The Balaban J connectivity index is 2.26. The van der Waals surface area contributed by atoms with Crippen LogP contribution in [0.1, 0.15) is 31.9 Å². The molecular formula is C10H15BrN2O. The summed E-state index contributed by atoms with van der Waals surface area (Å²) in [5.41, 5.74) is 0.120. The maximum absolute atomic E-state index is 10.4. The van der Waals surface area contributed by atoms with E-state index in [9.17, 15) is 5.11 Å². The Morgan fingerprint density at radius 2 is 2.36 bits per heavy atom. The zero-order chi connectivity index (χ0) is 10.3. The number of aryl methyl sites for hydroxylation is 1. The van der Waals surface area contributed by atoms with Gasteiger partial charge in [-0.3, -0.25) is 4.68 Å². The summed E-state index contributed by atoms with van der Waals surface area (Å²) >= 11 is 3.42. The van der Waals surface area contributed by atoms with E-state index in [1.165, 1.54) is 12.8 Å². The van der Waals surface area contributed by atoms with Crippen LogP contribution in [0.2, 0.25) is 0 Å². The third-order valence-corrected chi connectivity index (χ3v) is 3.37. The van der Waals surface area contributed by atoms with Crippen LogP contribution in [0, 0.1) is 5.92 Å². The van der Waals surface area contributed by atoms with Crippen molar-refractivity contribution >= 4 is 15.9 Å². The van der Waals surface area contributed by atoms with Crippen molar-refractivity contribution in [1.82, 2.24) is 9.78 Å². The summed E-state index contributed by atoms with van der Waals surface area (Å²) in [6.45, 7) is 1.87. The molecule has 1 unspecified atom stereocenters. The van der Waals surface area contributed by atoms with Crippen LogP contribution >= 0.6 is 15.9 Å². The van der Waals surface area contributed by atoms with Gasteiger partial charge in [-0.05, 0) is 35.2 Å². The number of hydrogen-bond donors (Lipinski definition) is 1. The quantitative estimate of drug-likeness (QED) is 0.903. The lowest BCUT2D eigenvalue weighted by Gasteiger charge is -2.24. The lowest BCUT2D eigenvalue weighted by Crippen LogP contribution is -2.25. The molecule has 1 atom stereocenters. The molecule has 14 heavy (non-hydrogen) atoms. The Morgan fingerprint density at radius 3 is 2.79 bits per heavy atom. The van der Waals surface area contributed by atoms with Gasteiger partial charge < -0.3 is 5.11 Å². The minimum absolute atomic E-state index is 0.701. The van der Waals surface area contributed by atoms with Gasteiger partial charge in [0.1, 0.15) is 5.60 Å². The van der Waals surface area contributed by atoms with Gasteiger partial charge in [-0.2, -0.15) is 5.10 Å². The zero-order valence-electron chi connectivity index (χ0n) is 8.50. The van der Waals surface area contributed by atoms with Crippen molar-refractivity contribution in [2.75, 3.05) is 0 Å². The summed E-state index contributed by atoms with van der Waals surface area (Å²) in [6.07, 6.45) is 5.08. The number of rotatable bonds is 3. The summed E-state index contributed by atoms with van der Waals surface area (Å²) in [5, 5.41) is 14.5. The highest BCUT2D eigenvalue weighted by Crippen LogP contribution is 2.41. The Bertz CT molecular complexity index is 322. The molecule has 1 saturated carbocycles. The molecule has 0 radical (unpaired) electrons. The first-order chi connectivity index (χ1) is 6.50. The number of hydrogen-bond acceptors (Lipinski definition) is 2. The molecule has 1 aliphatic carbocycles. The molecule has 1 aromatic rings. The van der Waals surface area contributed by atoms with Crippen LogP contribution in [0.3, 0.4) is 0 Å². The first kappa shape index (κ1) is 10.2. The van der Waals surface area contributed by atoms with Crippen molar-refractivity contribution in [3.05, 3.63) is 16.4 Å². The van der Waals surface area contributed by atoms with E-state index in [4.69, 9.17) is 0 Å². The standard InChI is InChI=1S/C10H15BrN2O/c1-10(14,5-7-3-4-7)9-8(11)6-12-13(9)2/h6-7,14H,3-5H2,1-2H3. The van der Waals surface area contributed by atoms with E-state index in [0.717, 1.165) is 16.6 Å². The number of nitrogens with zero attached hydrogens (tertiary/aromatic N) is 2. The monoisotopic (exact) mass is 258 g/mol. The molecule has 0 aliphatic heterocycles. The van der Waals surface area contributed by atoms with Gasteiger partial charge in [-0.1, -0.05) is 12.8 Å². The minimum atomic E-state index is -0.759. The van der Waals surface area contributed by atoms with Crippen LogP contribution in [0.25, 0.3) is 0 Å². The molecular weight excluding hydrogens is 244 g/mol. The fraction of sp³-hybridized carbons (Fsp3) is 0.700. The second kappa shape index (κ2) is 3.35. The largest absolute Gasteiger partial charge is 0.384 e. The summed E-state index contributed by atoms with van der Waals surface area (Å²) < 4.78 is 2.64. The fourth-order valence-corrected chi connectivity index (χ4v) is 2.77. The van der Waals surface area contributed by atoms with Gasteiger partial charge in [0.15, 0.2) is 0 Å². The van der Waals surface area contributed by atoms with Crippen LogP contribution in [0.5, 0.6) is 0 Å². The predicted octanol–water partition coefficient (Wildman–Crippen LogP) is 2.19. The smallest absolute Gasteiger partial charge is 0.105 e. The first-order valence-electron chi connectivity index (χ1n) is 4.91. The highest BCUT2D eigenvalue weighted by molar-refractivity contribution is 9.10. The van der Waals surface area contributed by atoms with Crippen molar-refractivity contribution in [3.8, 4) is 0 Å². The first-order valence-corrected chi connectivity index (χ1v) is 5.70. The van der Waals surface area contributed by atoms with Gasteiger partial charge in [0.2, 0.25) is 0 Å². The molecule has 0 aromatic carbocycles. The molecule has 1 fully saturated rings. The molecule has 4 heteroatoms. The van der Waals surface area contributed by atoms with Crippen molar-refractivity contribution < 1.29 is 5.11 Å². The third kappa shape index (κ3) is 1.86. The summed E-state index contributed by atoms with van der Waals surface area (Å²) in [5.74, 6) is 0.701. The maximum Gasteiger partial charge on any atom is 0.105 e. The van der Waals surface area contributed by atoms with Gasteiger partial charge in [0.25, 0.3) is 0 Å². The van der Waals surface area contributed by atoms with E-state index in [-0.39, 0.29) is 0 Å². The molecule has 1 aromatic heterocycles. The van der Waals surface area contributed by atoms with Gasteiger partial charge in [-0.15, -0.1) is 0 Å². The second-order valence-electron chi connectivity index (χ2n) is 4.39. The summed E-state index contributed by atoms with van der Waals surface area (Å²) in [6, 6.07) is 0. The molecule has 1 heterocycles. The molecule has 0 saturated heterocycles. The van der Waals surface area contributed by atoms with Gasteiger partial charge >= 0.3 is 0 Å². The number of aromatic nitrogens is 2. The van der Waals surface area contributed by atoms with Crippen molar-refractivity contribution in [2.24, 2.45) is 13.0 Å². The van der Waals surface area contributed by atoms with Crippen LogP contribution < -0.4 is 0 Å². The average molecular weight is 259 g/mol. The number of aliphatic hydroxyl groups is 1. The van der Waals surface area contributed by atoms with Crippen LogP contribution in [0.4, 0.5) is 0 Å².